The normalized spacial score (nSPS) is 15.2. The Labute approximate surface area is 83.1 Å². The molecule has 74 valence electrons. The zero-order valence-electron chi connectivity index (χ0n) is 7.90. The van der Waals surface area contributed by atoms with Gasteiger partial charge < -0.3 is 15.2 Å². The first-order valence-electron chi connectivity index (χ1n) is 4.61. The van der Waals surface area contributed by atoms with E-state index in [1.807, 2.05) is 30.4 Å². The van der Waals surface area contributed by atoms with E-state index >= 15 is 0 Å². The standard InChI is InChI=1S/C11H13NO2/c12-6-2-5-9-3-1-4-10-7-13-8-14-11(9)10/h1-5H,6-8,12H2/b5-2+. The Morgan fingerprint density at radius 3 is 3.21 bits per heavy atom. The van der Waals surface area contributed by atoms with Crippen molar-refractivity contribution in [2.45, 2.75) is 6.61 Å². The number of hydrogen-bond acceptors (Lipinski definition) is 3. The molecule has 0 spiro atoms. The predicted octanol–water partition coefficient (Wildman–Crippen LogP) is 1.53. The Kier molecular flexibility index (Phi) is 2.81. The van der Waals surface area contributed by atoms with Crippen LogP contribution in [0.15, 0.2) is 24.3 Å². The van der Waals surface area contributed by atoms with E-state index in [1.54, 1.807) is 0 Å². The molecule has 0 atom stereocenters. The number of hydrogen-bond donors (Lipinski definition) is 1. The van der Waals surface area contributed by atoms with E-state index in [9.17, 15) is 0 Å². The molecule has 3 nitrogen and oxygen atoms in total. The summed E-state index contributed by atoms with van der Waals surface area (Å²) >= 11 is 0. The van der Waals surface area contributed by atoms with Crippen molar-refractivity contribution in [2.24, 2.45) is 5.73 Å². The largest absolute Gasteiger partial charge is 0.467 e. The third-order valence-corrected chi connectivity index (χ3v) is 2.10. The molecule has 0 fully saturated rings. The third-order valence-electron chi connectivity index (χ3n) is 2.10. The van der Waals surface area contributed by atoms with E-state index in [2.05, 4.69) is 0 Å². The highest BCUT2D eigenvalue weighted by Crippen LogP contribution is 2.28. The fourth-order valence-electron chi connectivity index (χ4n) is 1.47. The molecule has 1 heterocycles. The summed E-state index contributed by atoms with van der Waals surface area (Å²) in [7, 11) is 0. The average Bonchev–Trinajstić information content (AvgIpc) is 2.26. The number of para-hydroxylation sites is 1. The van der Waals surface area contributed by atoms with Crippen LogP contribution in [0.3, 0.4) is 0 Å². The number of nitrogens with two attached hydrogens (primary N) is 1. The summed E-state index contributed by atoms with van der Waals surface area (Å²) in [5, 5.41) is 0. The average molecular weight is 191 g/mol. The summed E-state index contributed by atoms with van der Waals surface area (Å²) < 4.78 is 10.6. The zero-order valence-corrected chi connectivity index (χ0v) is 7.90. The molecule has 1 aromatic rings. The van der Waals surface area contributed by atoms with Crippen LogP contribution in [0.25, 0.3) is 6.08 Å². The molecule has 3 heteroatoms. The first kappa shape index (κ1) is 9.24. The van der Waals surface area contributed by atoms with Gasteiger partial charge in [0.05, 0.1) is 6.61 Å². The minimum absolute atomic E-state index is 0.334. The van der Waals surface area contributed by atoms with Gasteiger partial charge in [-0.25, -0.2) is 0 Å². The van der Waals surface area contributed by atoms with Crippen LogP contribution in [0, 0.1) is 0 Å². The van der Waals surface area contributed by atoms with Crippen LogP contribution in [0.1, 0.15) is 11.1 Å². The van der Waals surface area contributed by atoms with E-state index in [0.29, 0.717) is 19.9 Å². The van der Waals surface area contributed by atoms with E-state index in [-0.39, 0.29) is 0 Å². The monoisotopic (exact) mass is 191 g/mol. The van der Waals surface area contributed by atoms with Gasteiger partial charge in [-0.05, 0) is 0 Å². The summed E-state index contributed by atoms with van der Waals surface area (Å²) in [5.41, 5.74) is 7.56. The molecule has 2 rings (SSSR count). The predicted molar refractivity (Wildman–Crippen MR) is 54.8 cm³/mol. The van der Waals surface area contributed by atoms with E-state index in [1.165, 1.54) is 0 Å². The maximum Gasteiger partial charge on any atom is 0.189 e. The smallest absolute Gasteiger partial charge is 0.189 e. The lowest BCUT2D eigenvalue weighted by Gasteiger charge is -2.19. The molecule has 0 unspecified atom stereocenters. The van der Waals surface area contributed by atoms with E-state index in [4.69, 9.17) is 15.2 Å². The van der Waals surface area contributed by atoms with Crippen molar-refractivity contribution in [3.63, 3.8) is 0 Å². The fraction of sp³-hybridized carbons (Fsp3) is 0.273. The molecule has 1 aliphatic heterocycles. The molecule has 0 amide bonds. The molecule has 0 aromatic heterocycles. The molecular formula is C11H13NO2. The summed E-state index contributed by atoms with van der Waals surface area (Å²) in [6.07, 6.45) is 3.89. The molecular weight excluding hydrogens is 178 g/mol. The van der Waals surface area contributed by atoms with Gasteiger partial charge in [-0.2, -0.15) is 0 Å². The molecule has 0 radical (unpaired) electrons. The highest BCUT2D eigenvalue weighted by Gasteiger charge is 2.12. The highest BCUT2D eigenvalue weighted by atomic mass is 16.7. The molecule has 0 aliphatic carbocycles. The second-order valence-electron chi connectivity index (χ2n) is 3.08. The van der Waals surface area contributed by atoms with Crippen LogP contribution in [0.5, 0.6) is 5.75 Å². The van der Waals surface area contributed by atoms with Crippen molar-refractivity contribution < 1.29 is 9.47 Å². The summed E-state index contributed by atoms with van der Waals surface area (Å²) in [6.45, 7) is 1.50. The summed E-state index contributed by atoms with van der Waals surface area (Å²) in [5.74, 6) is 0.920. The van der Waals surface area contributed by atoms with Crippen LogP contribution < -0.4 is 10.5 Å². The SMILES string of the molecule is NC/C=C/c1cccc2c1OCOC2. The lowest BCUT2D eigenvalue weighted by atomic mass is 10.1. The Balaban J connectivity index is 2.35. The van der Waals surface area contributed by atoms with Gasteiger partial charge >= 0.3 is 0 Å². The topological polar surface area (TPSA) is 44.5 Å². The van der Waals surface area contributed by atoms with E-state index in [0.717, 1.165) is 16.9 Å². The Morgan fingerprint density at radius 1 is 1.43 bits per heavy atom. The number of benzene rings is 1. The van der Waals surface area contributed by atoms with Crippen molar-refractivity contribution in [1.29, 1.82) is 0 Å². The summed E-state index contributed by atoms with van der Waals surface area (Å²) in [6, 6.07) is 6.01. The van der Waals surface area contributed by atoms with Crippen LogP contribution >= 0.6 is 0 Å². The number of fused-ring (bicyclic) bond motifs is 1. The molecule has 0 saturated carbocycles. The number of rotatable bonds is 2. The minimum atomic E-state index is 0.334. The maximum absolute atomic E-state index is 5.44. The van der Waals surface area contributed by atoms with Crippen LogP contribution in [-0.2, 0) is 11.3 Å². The Bertz CT molecular complexity index is 347. The van der Waals surface area contributed by atoms with Crippen LogP contribution in [-0.4, -0.2) is 13.3 Å². The fourth-order valence-corrected chi connectivity index (χ4v) is 1.47. The zero-order chi connectivity index (χ0) is 9.80. The van der Waals surface area contributed by atoms with Gasteiger partial charge in [-0.3, -0.25) is 0 Å². The van der Waals surface area contributed by atoms with Gasteiger partial charge in [0.25, 0.3) is 0 Å². The molecule has 0 bridgehead atoms. The quantitative estimate of drug-likeness (QED) is 0.770. The molecule has 1 aromatic carbocycles. The second-order valence-corrected chi connectivity index (χ2v) is 3.08. The van der Waals surface area contributed by atoms with Crippen molar-refractivity contribution in [1.82, 2.24) is 0 Å². The molecule has 1 aliphatic rings. The third kappa shape index (κ3) is 1.78. The van der Waals surface area contributed by atoms with Gasteiger partial charge in [-0.1, -0.05) is 30.4 Å². The first-order valence-corrected chi connectivity index (χ1v) is 4.61. The van der Waals surface area contributed by atoms with Crippen molar-refractivity contribution in [3.05, 3.63) is 35.4 Å². The Morgan fingerprint density at radius 2 is 2.36 bits per heavy atom. The van der Waals surface area contributed by atoms with Gasteiger partial charge in [0.2, 0.25) is 0 Å². The Hall–Kier alpha value is -1.32. The van der Waals surface area contributed by atoms with Crippen LogP contribution in [0.2, 0.25) is 0 Å². The number of ether oxygens (including phenoxy) is 2. The lowest BCUT2D eigenvalue weighted by molar-refractivity contribution is -0.0165. The van der Waals surface area contributed by atoms with Gasteiger partial charge in [0.1, 0.15) is 5.75 Å². The van der Waals surface area contributed by atoms with Gasteiger partial charge in [0.15, 0.2) is 6.79 Å². The molecule has 0 saturated heterocycles. The van der Waals surface area contributed by atoms with Crippen molar-refractivity contribution in [2.75, 3.05) is 13.3 Å². The minimum Gasteiger partial charge on any atom is -0.467 e. The van der Waals surface area contributed by atoms with Gasteiger partial charge in [-0.15, -0.1) is 0 Å². The van der Waals surface area contributed by atoms with Crippen molar-refractivity contribution in [3.8, 4) is 5.75 Å². The van der Waals surface area contributed by atoms with E-state index < -0.39 is 0 Å². The van der Waals surface area contributed by atoms with Gasteiger partial charge in [0, 0.05) is 17.7 Å². The van der Waals surface area contributed by atoms with Crippen molar-refractivity contribution >= 4 is 6.08 Å². The molecule has 2 N–H and O–H groups in total. The maximum atomic E-state index is 5.44. The van der Waals surface area contributed by atoms with Crippen LogP contribution in [0.4, 0.5) is 0 Å². The second kappa shape index (κ2) is 4.26. The summed E-state index contributed by atoms with van der Waals surface area (Å²) in [4.78, 5) is 0. The first-order chi connectivity index (χ1) is 6.92. The highest BCUT2D eigenvalue weighted by molar-refractivity contribution is 5.60. The lowest BCUT2D eigenvalue weighted by Crippen LogP contribution is -2.12. The molecule has 14 heavy (non-hydrogen) atoms.